The van der Waals surface area contributed by atoms with Crippen molar-refractivity contribution < 1.29 is 13.6 Å². The van der Waals surface area contributed by atoms with Gasteiger partial charge in [0.2, 0.25) is 5.91 Å². The Balaban J connectivity index is 2.09. The van der Waals surface area contributed by atoms with Gasteiger partial charge in [-0.15, -0.1) is 0 Å². The fourth-order valence-electron chi connectivity index (χ4n) is 3.23. The maximum Gasteiger partial charge on any atom is 0.227 e. The van der Waals surface area contributed by atoms with Crippen LogP contribution in [0.25, 0.3) is 11.0 Å². The molecule has 0 atom stereocenters. The Labute approximate surface area is 167 Å². The molecule has 1 heterocycles. The lowest BCUT2D eigenvalue weighted by Gasteiger charge is -2.23. The second-order valence-corrected chi connectivity index (χ2v) is 7.07. The van der Waals surface area contributed by atoms with Crippen molar-refractivity contribution in [1.82, 2.24) is 9.55 Å². The van der Waals surface area contributed by atoms with E-state index in [9.17, 15) is 13.6 Å². The van der Waals surface area contributed by atoms with E-state index in [1.54, 1.807) is 6.07 Å². The summed E-state index contributed by atoms with van der Waals surface area (Å²) in [6.45, 7) is 4.62. The number of amides is 1. The third kappa shape index (κ3) is 4.17. The Bertz CT molecular complexity index is 1000. The van der Waals surface area contributed by atoms with Gasteiger partial charge in [-0.1, -0.05) is 25.4 Å². The molecule has 2 aromatic carbocycles. The maximum absolute atomic E-state index is 14.4. The quantitative estimate of drug-likeness (QED) is 0.504. The van der Waals surface area contributed by atoms with Crippen LogP contribution in [0.4, 0.5) is 14.5 Å². The summed E-state index contributed by atoms with van der Waals surface area (Å²) in [6, 6.07) is 8.51. The number of benzene rings is 2. The summed E-state index contributed by atoms with van der Waals surface area (Å²) >= 11 is 6.13. The third-order valence-electron chi connectivity index (χ3n) is 4.50. The summed E-state index contributed by atoms with van der Waals surface area (Å²) in [6.07, 6.45) is 1.69. The highest BCUT2D eigenvalue weighted by Gasteiger charge is 2.23. The molecule has 0 aliphatic carbocycles. The Kier molecular flexibility index (Phi) is 6.29. The lowest BCUT2D eigenvalue weighted by Crippen LogP contribution is -2.32. The predicted molar refractivity (Wildman–Crippen MR) is 107 cm³/mol. The highest BCUT2D eigenvalue weighted by molar-refractivity contribution is 6.31. The number of carbonyl (C=O) groups is 1. The van der Waals surface area contributed by atoms with Gasteiger partial charge in [-0.05, 0) is 43.2 Å². The molecule has 148 valence electrons. The Morgan fingerprint density at radius 1 is 1.14 bits per heavy atom. The molecule has 1 amide bonds. The first-order valence-electron chi connectivity index (χ1n) is 9.34. The summed E-state index contributed by atoms with van der Waals surface area (Å²) in [5.41, 5.74) is 1.52. The number of hydrogen-bond donors (Lipinski definition) is 0. The summed E-state index contributed by atoms with van der Waals surface area (Å²) in [4.78, 5) is 18.6. The minimum absolute atomic E-state index is 0.0471. The molecule has 0 radical (unpaired) electrons. The van der Waals surface area contributed by atoms with E-state index in [1.165, 1.54) is 4.90 Å². The van der Waals surface area contributed by atoms with Crippen molar-refractivity contribution in [1.29, 1.82) is 0 Å². The van der Waals surface area contributed by atoms with E-state index < -0.39 is 11.6 Å². The van der Waals surface area contributed by atoms with E-state index in [1.807, 2.05) is 30.5 Å². The van der Waals surface area contributed by atoms with Crippen molar-refractivity contribution in [2.45, 2.75) is 46.2 Å². The van der Waals surface area contributed by atoms with Crippen LogP contribution in [0.1, 0.15) is 38.9 Å². The van der Waals surface area contributed by atoms with Crippen molar-refractivity contribution in [3.63, 3.8) is 0 Å². The molecule has 0 N–H and O–H groups in total. The number of halogens is 3. The molecule has 3 rings (SSSR count). The molecule has 0 fully saturated rings. The van der Waals surface area contributed by atoms with E-state index in [-0.39, 0.29) is 24.6 Å². The van der Waals surface area contributed by atoms with Crippen LogP contribution in [0.15, 0.2) is 36.4 Å². The second kappa shape index (κ2) is 8.69. The van der Waals surface area contributed by atoms with Gasteiger partial charge in [0.15, 0.2) is 0 Å². The standard InChI is InChI=1S/C21H22ClF2N3O/c1-3-5-21(28)27(18-12-15(23)7-8-16(18)24)13-20-25-17-9-6-14(22)11-19(17)26(20)10-4-2/h6-9,11-12H,3-5,10,13H2,1-2H3. The number of fused-ring (bicyclic) bond motifs is 1. The van der Waals surface area contributed by atoms with Gasteiger partial charge in [-0.3, -0.25) is 4.79 Å². The zero-order valence-corrected chi connectivity index (χ0v) is 16.6. The molecular formula is C21H22ClF2N3O. The van der Waals surface area contributed by atoms with Gasteiger partial charge in [0.05, 0.1) is 23.3 Å². The van der Waals surface area contributed by atoms with Crippen LogP contribution >= 0.6 is 11.6 Å². The van der Waals surface area contributed by atoms with Crippen molar-refractivity contribution in [3.05, 3.63) is 58.9 Å². The fraction of sp³-hybridized carbons (Fsp3) is 0.333. The number of nitrogens with zero attached hydrogens (tertiary/aromatic N) is 3. The second-order valence-electron chi connectivity index (χ2n) is 6.64. The van der Waals surface area contributed by atoms with Crippen LogP contribution in [-0.2, 0) is 17.9 Å². The summed E-state index contributed by atoms with van der Waals surface area (Å²) in [5, 5.41) is 0.589. The Hall–Kier alpha value is -2.47. The SMILES string of the molecule is CCCC(=O)N(Cc1nc2ccc(Cl)cc2n1CCC)c1cc(F)ccc1F. The van der Waals surface area contributed by atoms with Gasteiger partial charge >= 0.3 is 0 Å². The first-order valence-corrected chi connectivity index (χ1v) is 9.72. The van der Waals surface area contributed by atoms with Gasteiger partial charge < -0.3 is 9.47 Å². The van der Waals surface area contributed by atoms with Crippen LogP contribution in [0.2, 0.25) is 5.02 Å². The summed E-state index contributed by atoms with van der Waals surface area (Å²) in [7, 11) is 0. The first kappa shape index (κ1) is 20.3. The lowest BCUT2D eigenvalue weighted by molar-refractivity contribution is -0.118. The van der Waals surface area contributed by atoms with E-state index in [4.69, 9.17) is 11.6 Å². The average molecular weight is 406 g/mol. The van der Waals surface area contributed by atoms with Crippen molar-refractivity contribution in [2.75, 3.05) is 4.90 Å². The lowest BCUT2D eigenvalue weighted by atomic mass is 10.2. The van der Waals surface area contributed by atoms with Crippen LogP contribution in [0.5, 0.6) is 0 Å². The number of hydrogen-bond acceptors (Lipinski definition) is 2. The normalized spacial score (nSPS) is 11.2. The van der Waals surface area contributed by atoms with Crippen molar-refractivity contribution in [3.8, 4) is 0 Å². The molecule has 1 aromatic heterocycles. The van der Waals surface area contributed by atoms with E-state index in [0.717, 1.165) is 35.7 Å². The van der Waals surface area contributed by atoms with E-state index >= 15 is 0 Å². The van der Waals surface area contributed by atoms with Gasteiger partial charge in [0.25, 0.3) is 0 Å². The van der Waals surface area contributed by atoms with Gasteiger partial charge in [-0.25, -0.2) is 13.8 Å². The summed E-state index contributed by atoms with van der Waals surface area (Å²) < 4.78 is 30.2. The van der Waals surface area contributed by atoms with Gasteiger partial charge in [-0.2, -0.15) is 0 Å². The number of aryl methyl sites for hydroxylation is 1. The molecule has 28 heavy (non-hydrogen) atoms. The van der Waals surface area contributed by atoms with E-state index in [0.29, 0.717) is 23.8 Å². The smallest absolute Gasteiger partial charge is 0.227 e. The topological polar surface area (TPSA) is 38.1 Å². The van der Waals surface area contributed by atoms with Crippen molar-refractivity contribution in [2.24, 2.45) is 0 Å². The van der Waals surface area contributed by atoms with Crippen LogP contribution in [0.3, 0.4) is 0 Å². The van der Waals surface area contributed by atoms with E-state index in [2.05, 4.69) is 4.98 Å². The number of rotatable bonds is 7. The molecule has 0 bridgehead atoms. The number of anilines is 1. The highest BCUT2D eigenvalue weighted by atomic mass is 35.5. The molecule has 0 saturated heterocycles. The number of carbonyl (C=O) groups excluding carboxylic acids is 1. The monoisotopic (exact) mass is 405 g/mol. The highest BCUT2D eigenvalue weighted by Crippen LogP contribution is 2.26. The Morgan fingerprint density at radius 2 is 1.93 bits per heavy atom. The molecule has 0 unspecified atom stereocenters. The van der Waals surface area contributed by atoms with Crippen LogP contribution in [0, 0.1) is 11.6 Å². The molecule has 0 saturated carbocycles. The number of imidazole rings is 1. The van der Waals surface area contributed by atoms with Gasteiger partial charge in [0, 0.05) is 24.1 Å². The number of aromatic nitrogens is 2. The summed E-state index contributed by atoms with van der Waals surface area (Å²) in [5.74, 6) is -0.918. The predicted octanol–water partition coefficient (Wildman–Crippen LogP) is 5.71. The van der Waals surface area contributed by atoms with Crippen LogP contribution < -0.4 is 4.90 Å². The Morgan fingerprint density at radius 3 is 2.64 bits per heavy atom. The minimum Gasteiger partial charge on any atom is -0.326 e. The zero-order chi connectivity index (χ0) is 20.3. The molecule has 0 aliphatic heterocycles. The molecular weight excluding hydrogens is 384 g/mol. The zero-order valence-electron chi connectivity index (χ0n) is 15.9. The van der Waals surface area contributed by atoms with Crippen LogP contribution in [-0.4, -0.2) is 15.5 Å². The minimum atomic E-state index is -0.646. The van der Waals surface area contributed by atoms with Crippen molar-refractivity contribution >= 4 is 34.2 Å². The fourth-order valence-corrected chi connectivity index (χ4v) is 3.40. The molecule has 3 aromatic rings. The molecule has 4 nitrogen and oxygen atoms in total. The third-order valence-corrected chi connectivity index (χ3v) is 4.74. The van der Waals surface area contributed by atoms with Gasteiger partial charge in [0.1, 0.15) is 17.5 Å². The first-order chi connectivity index (χ1) is 13.4. The average Bonchev–Trinajstić information content (AvgIpc) is 2.99. The molecule has 7 heteroatoms. The maximum atomic E-state index is 14.4. The molecule has 0 aliphatic rings. The largest absolute Gasteiger partial charge is 0.326 e. The molecule has 0 spiro atoms.